The number of hydrogen-bond donors (Lipinski definition) is 1. The van der Waals surface area contributed by atoms with Crippen molar-refractivity contribution in [3.8, 4) is 0 Å². The molecular formula is C15H25NO. The van der Waals surface area contributed by atoms with E-state index >= 15 is 0 Å². The fourth-order valence-corrected chi connectivity index (χ4v) is 1.84. The Morgan fingerprint density at radius 3 is 2.24 bits per heavy atom. The average Bonchev–Trinajstić information content (AvgIpc) is 2.38. The first-order valence-electron chi connectivity index (χ1n) is 6.56. The molecule has 1 aromatic carbocycles. The molecule has 2 heteroatoms. The maximum atomic E-state index is 5.18. The standard InChI is InChI=1S/C15H25NO/c1-5-12(3)13-7-9-15(10-8-13)16-14(6-2)11-17-4/h7-10,12,14,16H,5-6,11H2,1-4H3. The Morgan fingerprint density at radius 1 is 1.12 bits per heavy atom. The van der Waals surface area contributed by atoms with Crippen LogP contribution in [0.25, 0.3) is 0 Å². The van der Waals surface area contributed by atoms with E-state index in [-0.39, 0.29) is 0 Å². The fourth-order valence-electron chi connectivity index (χ4n) is 1.84. The molecule has 0 aliphatic carbocycles. The van der Waals surface area contributed by atoms with Crippen LogP contribution in [0, 0.1) is 0 Å². The molecule has 0 heterocycles. The molecule has 0 bridgehead atoms. The Kier molecular flexibility index (Phi) is 6.06. The number of methoxy groups -OCH3 is 1. The van der Waals surface area contributed by atoms with Gasteiger partial charge in [0.25, 0.3) is 0 Å². The van der Waals surface area contributed by atoms with Gasteiger partial charge >= 0.3 is 0 Å². The average molecular weight is 235 g/mol. The normalized spacial score (nSPS) is 14.4. The van der Waals surface area contributed by atoms with Crippen LogP contribution in [-0.4, -0.2) is 19.8 Å². The van der Waals surface area contributed by atoms with Crippen molar-refractivity contribution in [1.82, 2.24) is 0 Å². The topological polar surface area (TPSA) is 21.3 Å². The zero-order valence-corrected chi connectivity index (χ0v) is 11.5. The van der Waals surface area contributed by atoms with Gasteiger partial charge in [0.1, 0.15) is 0 Å². The Morgan fingerprint density at radius 2 is 1.76 bits per heavy atom. The van der Waals surface area contributed by atoms with Crippen LogP contribution in [0.4, 0.5) is 5.69 Å². The van der Waals surface area contributed by atoms with Crippen LogP contribution in [0.15, 0.2) is 24.3 Å². The largest absolute Gasteiger partial charge is 0.383 e. The van der Waals surface area contributed by atoms with Gasteiger partial charge in [-0.25, -0.2) is 0 Å². The van der Waals surface area contributed by atoms with Crippen molar-refractivity contribution in [1.29, 1.82) is 0 Å². The van der Waals surface area contributed by atoms with Crippen LogP contribution in [0.2, 0.25) is 0 Å². The van der Waals surface area contributed by atoms with Gasteiger partial charge in [-0.2, -0.15) is 0 Å². The third-order valence-corrected chi connectivity index (χ3v) is 3.32. The third kappa shape index (κ3) is 4.39. The molecule has 1 aromatic rings. The first kappa shape index (κ1) is 14.0. The lowest BCUT2D eigenvalue weighted by atomic mass is 9.98. The lowest BCUT2D eigenvalue weighted by Crippen LogP contribution is -2.23. The molecule has 0 saturated heterocycles. The summed E-state index contributed by atoms with van der Waals surface area (Å²) >= 11 is 0. The van der Waals surface area contributed by atoms with Crippen LogP contribution in [0.5, 0.6) is 0 Å². The fraction of sp³-hybridized carbons (Fsp3) is 0.600. The van der Waals surface area contributed by atoms with Gasteiger partial charge < -0.3 is 10.1 Å². The summed E-state index contributed by atoms with van der Waals surface area (Å²) in [6, 6.07) is 9.17. The molecule has 17 heavy (non-hydrogen) atoms. The van der Waals surface area contributed by atoms with Crippen molar-refractivity contribution < 1.29 is 4.74 Å². The summed E-state index contributed by atoms with van der Waals surface area (Å²) in [5, 5.41) is 3.49. The highest BCUT2D eigenvalue weighted by molar-refractivity contribution is 5.46. The molecule has 0 amide bonds. The summed E-state index contributed by atoms with van der Waals surface area (Å²) in [6.07, 6.45) is 2.26. The van der Waals surface area contributed by atoms with E-state index < -0.39 is 0 Å². The van der Waals surface area contributed by atoms with Crippen LogP contribution in [-0.2, 0) is 4.74 Å². The zero-order valence-electron chi connectivity index (χ0n) is 11.5. The molecular weight excluding hydrogens is 210 g/mol. The molecule has 2 unspecified atom stereocenters. The molecule has 96 valence electrons. The molecule has 0 aliphatic heterocycles. The van der Waals surface area contributed by atoms with E-state index in [0.29, 0.717) is 12.0 Å². The van der Waals surface area contributed by atoms with E-state index in [9.17, 15) is 0 Å². The molecule has 0 aliphatic rings. The number of anilines is 1. The molecule has 1 rings (SSSR count). The Bertz CT molecular complexity index is 307. The lowest BCUT2D eigenvalue weighted by molar-refractivity contribution is 0.184. The highest BCUT2D eigenvalue weighted by Crippen LogP contribution is 2.21. The quantitative estimate of drug-likeness (QED) is 0.770. The second-order valence-corrected chi connectivity index (χ2v) is 4.64. The van der Waals surface area contributed by atoms with Crippen molar-refractivity contribution in [3.63, 3.8) is 0 Å². The first-order chi connectivity index (χ1) is 8.21. The number of nitrogens with one attached hydrogen (secondary N) is 1. The van der Waals surface area contributed by atoms with Gasteiger partial charge in [-0.3, -0.25) is 0 Å². The Labute approximate surface area is 105 Å². The van der Waals surface area contributed by atoms with Crippen LogP contribution in [0.3, 0.4) is 0 Å². The maximum Gasteiger partial charge on any atom is 0.0663 e. The van der Waals surface area contributed by atoms with Crippen molar-refractivity contribution in [2.45, 2.75) is 45.6 Å². The molecule has 0 saturated carbocycles. The Hall–Kier alpha value is -1.02. The monoisotopic (exact) mass is 235 g/mol. The minimum atomic E-state index is 0.398. The SMILES string of the molecule is CCC(COC)Nc1ccc(C(C)CC)cc1. The van der Waals surface area contributed by atoms with Gasteiger partial charge in [0.15, 0.2) is 0 Å². The molecule has 0 radical (unpaired) electrons. The van der Waals surface area contributed by atoms with Crippen LogP contribution >= 0.6 is 0 Å². The highest BCUT2D eigenvalue weighted by atomic mass is 16.5. The van der Waals surface area contributed by atoms with Crippen LogP contribution in [0.1, 0.15) is 45.1 Å². The smallest absolute Gasteiger partial charge is 0.0663 e. The highest BCUT2D eigenvalue weighted by Gasteiger charge is 2.06. The summed E-state index contributed by atoms with van der Waals surface area (Å²) < 4.78 is 5.18. The minimum Gasteiger partial charge on any atom is -0.383 e. The van der Waals surface area contributed by atoms with Gasteiger partial charge in [-0.1, -0.05) is 32.9 Å². The predicted octanol–water partition coefficient (Wildman–Crippen LogP) is 4.04. The van der Waals surface area contributed by atoms with Crippen molar-refractivity contribution in [2.75, 3.05) is 19.0 Å². The molecule has 0 fully saturated rings. The summed E-state index contributed by atoms with van der Waals surface area (Å²) in [7, 11) is 1.75. The predicted molar refractivity (Wildman–Crippen MR) is 74.7 cm³/mol. The van der Waals surface area contributed by atoms with E-state index in [1.54, 1.807) is 7.11 Å². The third-order valence-electron chi connectivity index (χ3n) is 3.32. The van der Waals surface area contributed by atoms with E-state index in [1.807, 2.05) is 0 Å². The van der Waals surface area contributed by atoms with Crippen molar-refractivity contribution in [3.05, 3.63) is 29.8 Å². The summed E-state index contributed by atoms with van der Waals surface area (Å²) in [5.41, 5.74) is 2.60. The van der Waals surface area contributed by atoms with Gasteiger partial charge in [0.2, 0.25) is 0 Å². The van der Waals surface area contributed by atoms with E-state index in [1.165, 1.54) is 17.7 Å². The van der Waals surface area contributed by atoms with Gasteiger partial charge in [-0.05, 0) is 36.5 Å². The second kappa shape index (κ2) is 7.33. The van der Waals surface area contributed by atoms with Crippen molar-refractivity contribution >= 4 is 5.69 Å². The maximum absolute atomic E-state index is 5.18. The zero-order chi connectivity index (χ0) is 12.7. The van der Waals surface area contributed by atoms with E-state index in [0.717, 1.165) is 13.0 Å². The molecule has 0 aromatic heterocycles. The summed E-state index contributed by atoms with van der Waals surface area (Å²) in [4.78, 5) is 0. The molecule has 2 atom stereocenters. The number of ether oxygens (including phenoxy) is 1. The van der Waals surface area contributed by atoms with Gasteiger partial charge in [0.05, 0.1) is 6.61 Å². The van der Waals surface area contributed by atoms with Crippen molar-refractivity contribution in [2.24, 2.45) is 0 Å². The summed E-state index contributed by atoms with van der Waals surface area (Å²) in [5.74, 6) is 0.644. The van der Waals surface area contributed by atoms with Gasteiger partial charge in [0, 0.05) is 18.8 Å². The minimum absolute atomic E-state index is 0.398. The second-order valence-electron chi connectivity index (χ2n) is 4.64. The first-order valence-corrected chi connectivity index (χ1v) is 6.56. The van der Waals surface area contributed by atoms with Gasteiger partial charge in [-0.15, -0.1) is 0 Å². The molecule has 1 N–H and O–H groups in total. The Balaban J connectivity index is 2.61. The number of rotatable bonds is 7. The van der Waals surface area contributed by atoms with Crippen LogP contribution < -0.4 is 5.32 Å². The van der Waals surface area contributed by atoms with E-state index in [2.05, 4.69) is 50.4 Å². The van der Waals surface area contributed by atoms with E-state index in [4.69, 9.17) is 4.74 Å². The summed E-state index contributed by atoms with van der Waals surface area (Å²) in [6.45, 7) is 7.42. The number of hydrogen-bond acceptors (Lipinski definition) is 2. The number of benzene rings is 1. The lowest BCUT2D eigenvalue weighted by Gasteiger charge is -2.18. The molecule has 2 nitrogen and oxygen atoms in total. The molecule has 0 spiro atoms.